The molecule has 2 N–H and O–H groups in total. The second kappa shape index (κ2) is 8.79. The van der Waals surface area contributed by atoms with Crippen molar-refractivity contribution in [3.63, 3.8) is 0 Å². The number of aromatic nitrogens is 4. The largest absolute Gasteiger partial charge is 0.444 e. The van der Waals surface area contributed by atoms with Gasteiger partial charge in [-0.2, -0.15) is 9.97 Å². The number of halogens is 1. The molecule has 2 heterocycles. The van der Waals surface area contributed by atoms with Crippen LogP contribution < -0.4 is 10.6 Å². The molecule has 0 aliphatic rings. The molecule has 0 fully saturated rings. The van der Waals surface area contributed by atoms with E-state index in [0.717, 1.165) is 17.8 Å². The van der Waals surface area contributed by atoms with Gasteiger partial charge in [-0.05, 0) is 48.4 Å². The van der Waals surface area contributed by atoms with Gasteiger partial charge in [-0.1, -0.05) is 30.3 Å². The monoisotopic (exact) mass is 422 g/mol. The smallest absolute Gasteiger partial charge is 0.411 e. The van der Waals surface area contributed by atoms with Crippen LogP contribution in [0.2, 0.25) is 5.28 Å². The third-order valence-corrected chi connectivity index (χ3v) is 4.55. The summed E-state index contributed by atoms with van der Waals surface area (Å²) < 4.78 is 7.12. The van der Waals surface area contributed by atoms with E-state index < -0.39 is 6.09 Å². The minimum absolute atomic E-state index is 0.139. The summed E-state index contributed by atoms with van der Waals surface area (Å²) in [4.78, 5) is 24.9. The molecule has 0 atom stereocenters. The molecule has 2 aromatic carbocycles. The van der Waals surface area contributed by atoms with E-state index in [2.05, 4.69) is 25.6 Å². The molecule has 0 saturated heterocycles. The highest BCUT2D eigenvalue weighted by molar-refractivity contribution is 6.28. The van der Waals surface area contributed by atoms with Crippen molar-refractivity contribution in [3.8, 4) is 0 Å². The summed E-state index contributed by atoms with van der Waals surface area (Å²) in [6.45, 7) is 2.94. The quantitative estimate of drug-likeness (QED) is 0.425. The maximum Gasteiger partial charge on any atom is 0.411 e. The summed E-state index contributed by atoms with van der Waals surface area (Å²) in [5.74, 6) is 0.514. The summed E-state index contributed by atoms with van der Waals surface area (Å²) in [5.41, 5.74) is 3.60. The lowest BCUT2D eigenvalue weighted by atomic mass is 10.2. The first kappa shape index (κ1) is 19.7. The number of amides is 1. The molecule has 0 aliphatic carbocycles. The van der Waals surface area contributed by atoms with Gasteiger partial charge in [-0.25, -0.2) is 9.78 Å². The van der Waals surface area contributed by atoms with Gasteiger partial charge in [0.15, 0.2) is 17.0 Å². The van der Waals surface area contributed by atoms with Gasteiger partial charge in [0, 0.05) is 17.9 Å². The van der Waals surface area contributed by atoms with Crippen LogP contribution in [0.25, 0.3) is 11.2 Å². The number of imidazole rings is 1. The Hall–Kier alpha value is -3.65. The van der Waals surface area contributed by atoms with Crippen LogP contribution >= 0.6 is 11.6 Å². The van der Waals surface area contributed by atoms with Crippen molar-refractivity contribution in [3.05, 3.63) is 71.8 Å². The predicted octanol–water partition coefficient (Wildman–Crippen LogP) is 4.99. The van der Waals surface area contributed by atoms with Gasteiger partial charge >= 0.3 is 6.09 Å². The van der Waals surface area contributed by atoms with E-state index in [9.17, 15) is 4.79 Å². The Balaban J connectivity index is 1.41. The second-order valence-electron chi connectivity index (χ2n) is 6.43. The van der Waals surface area contributed by atoms with Crippen molar-refractivity contribution in [1.29, 1.82) is 0 Å². The van der Waals surface area contributed by atoms with E-state index >= 15 is 0 Å². The van der Waals surface area contributed by atoms with E-state index in [1.54, 1.807) is 18.5 Å². The number of ether oxygens (including phenoxy) is 1. The highest BCUT2D eigenvalue weighted by Gasteiger charge is 2.12. The molecular weight excluding hydrogens is 404 g/mol. The summed E-state index contributed by atoms with van der Waals surface area (Å²) >= 11 is 6.07. The third-order valence-electron chi connectivity index (χ3n) is 4.38. The first-order valence-electron chi connectivity index (χ1n) is 9.35. The highest BCUT2D eigenvalue weighted by atomic mass is 35.5. The van der Waals surface area contributed by atoms with Crippen molar-refractivity contribution in [1.82, 2.24) is 19.5 Å². The van der Waals surface area contributed by atoms with Crippen LogP contribution in [0.5, 0.6) is 0 Å². The Bertz CT molecular complexity index is 1160. The van der Waals surface area contributed by atoms with Gasteiger partial charge in [0.1, 0.15) is 6.61 Å². The summed E-state index contributed by atoms with van der Waals surface area (Å²) in [6.07, 6.45) is 1.18. The molecule has 0 spiro atoms. The molecule has 0 radical (unpaired) electrons. The van der Waals surface area contributed by atoms with Crippen molar-refractivity contribution >= 4 is 46.1 Å². The van der Waals surface area contributed by atoms with Crippen LogP contribution in [0.3, 0.4) is 0 Å². The van der Waals surface area contributed by atoms with Gasteiger partial charge in [-0.3, -0.25) is 5.32 Å². The van der Waals surface area contributed by atoms with Gasteiger partial charge in [-0.15, -0.1) is 0 Å². The molecule has 4 rings (SSSR count). The van der Waals surface area contributed by atoms with Crippen LogP contribution in [0.4, 0.5) is 22.0 Å². The van der Waals surface area contributed by atoms with Crippen molar-refractivity contribution < 1.29 is 9.53 Å². The SMILES string of the molecule is CCn1cnc2c(Nc3ccc(NC(=O)OCc4ccccc4)cc3)nc(Cl)nc21. The van der Waals surface area contributed by atoms with Crippen molar-refractivity contribution in [2.45, 2.75) is 20.1 Å². The Labute approximate surface area is 177 Å². The Morgan fingerprint density at radius 2 is 1.80 bits per heavy atom. The molecule has 30 heavy (non-hydrogen) atoms. The molecule has 0 bridgehead atoms. The van der Waals surface area contributed by atoms with Crippen molar-refractivity contribution in [2.24, 2.45) is 0 Å². The number of carbonyl (C=O) groups is 1. The van der Waals surface area contributed by atoms with Crippen LogP contribution in [0.1, 0.15) is 12.5 Å². The number of rotatable bonds is 6. The van der Waals surface area contributed by atoms with Gasteiger partial charge in [0.2, 0.25) is 5.28 Å². The number of nitrogens with zero attached hydrogens (tertiary/aromatic N) is 4. The van der Waals surface area contributed by atoms with E-state index in [0.29, 0.717) is 22.7 Å². The summed E-state index contributed by atoms with van der Waals surface area (Å²) in [7, 11) is 0. The fraction of sp³-hybridized carbons (Fsp3) is 0.143. The molecule has 0 aliphatic heterocycles. The Morgan fingerprint density at radius 3 is 2.53 bits per heavy atom. The molecular formula is C21H19ClN6O2. The van der Waals surface area contributed by atoms with Crippen LogP contribution in [0, 0.1) is 0 Å². The molecule has 1 amide bonds. The topological polar surface area (TPSA) is 94.0 Å². The molecule has 4 aromatic rings. The number of fused-ring (bicyclic) bond motifs is 1. The first-order chi connectivity index (χ1) is 14.6. The van der Waals surface area contributed by atoms with Gasteiger partial charge in [0.05, 0.1) is 6.33 Å². The number of carbonyl (C=O) groups excluding carboxylic acids is 1. The number of aryl methyl sites for hydroxylation is 1. The zero-order valence-electron chi connectivity index (χ0n) is 16.2. The fourth-order valence-corrected chi connectivity index (χ4v) is 3.05. The number of benzene rings is 2. The minimum Gasteiger partial charge on any atom is -0.444 e. The molecule has 2 aromatic heterocycles. The lowest BCUT2D eigenvalue weighted by molar-refractivity contribution is 0.155. The Morgan fingerprint density at radius 1 is 1.07 bits per heavy atom. The van der Waals surface area contributed by atoms with E-state index in [1.807, 2.05) is 54.0 Å². The number of anilines is 3. The number of nitrogens with one attached hydrogen (secondary N) is 2. The summed E-state index contributed by atoms with van der Waals surface area (Å²) in [6, 6.07) is 16.6. The molecule has 8 nitrogen and oxygen atoms in total. The van der Waals surface area contributed by atoms with E-state index in [-0.39, 0.29) is 11.9 Å². The van der Waals surface area contributed by atoms with Gasteiger partial charge in [0.25, 0.3) is 0 Å². The van der Waals surface area contributed by atoms with E-state index in [4.69, 9.17) is 16.3 Å². The molecule has 9 heteroatoms. The first-order valence-corrected chi connectivity index (χ1v) is 9.73. The molecule has 0 saturated carbocycles. The number of hydrogen-bond donors (Lipinski definition) is 2. The number of hydrogen-bond acceptors (Lipinski definition) is 6. The van der Waals surface area contributed by atoms with Crippen molar-refractivity contribution in [2.75, 3.05) is 10.6 Å². The lowest BCUT2D eigenvalue weighted by Crippen LogP contribution is -2.13. The zero-order chi connectivity index (χ0) is 20.9. The van der Waals surface area contributed by atoms with Gasteiger partial charge < -0.3 is 14.6 Å². The highest BCUT2D eigenvalue weighted by Crippen LogP contribution is 2.25. The maximum absolute atomic E-state index is 12.0. The maximum atomic E-state index is 12.0. The Kier molecular flexibility index (Phi) is 5.76. The molecule has 0 unspecified atom stereocenters. The zero-order valence-corrected chi connectivity index (χ0v) is 16.9. The standard InChI is InChI=1S/C21H19ClN6O2/c1-2-28-13-23-17-18(26-20(22)27-19(17)28)24-15-8-10-16(11-9-15)25-21(29)30-12-14-6-4-3-5-7-14/h3-11,13H,2,12H2,1H3,(H,25,29)(H,24,26,27). The fourth-order valence-electron chi connectivity index (χ4n) is 2.89. The van der Waals surface area contributed by atoms with Crippen LogP contribution in [-0.4, -0.2) is 25.6 Å². The van der Waals surface area contributed by atoms with E-state index in [1.165, 1.54) is 0 Å². The van der Waals surface area contributed by atoms with Crippen LogP contribution in [-0.2, 0) is 17.9 Å². The predicted molar refractivity (Wildman–Crippen MR) is 116 cm³/mol. The third kappa shape index (κ3) is 4.49. The van der Waals surface area contributed by atoms with Crippen LogP contribution in [0.15, 0.2) is 60.9 Å². The average Bonchev–Trinajstić information content (AvgIpc) is 3.17. The second-order valence-corrected chi connectivity index (χ2v) is 6.77. The summed E-state index contributed by atoms with van der Waals surface area (Å²) in [5, 5.41) is 6.04. The average molecular weight is 423 g/mol. The molecule has 152 valence electrons. The normalized spacial score (nSPS) is 10.7. The minimum atomic E-state index is -0.519. The lowest BCUT2D eigenvalue weighted by Gasteiger charge is -2.09.